The van der Waals surface area contributed by atoms with Gasteiger partial charge in [0.25, 0.3) is 0 Å². The third kappa shape index (κ3) is 1.97. The van der Waals surface area contributed by atoms with Crippen LogP contribution < -0.4 is 4.90 Å². The number of ether oxygens (including phenoxy) is 1. The Morgan fingerprint density at radius 1 is 1.11 bits per heavy atom. The Morgan fingerprint density at radius 3 is 2.44 bits per heavy atom. The summed E-state index contributed by atoms with van der Waals surface area (Å²) in [5, 5.41) is 0. The van der Waals surface area contributed by atoms with E-state index in [1.54, 1.807) is 0 Å². The summed E-state index contributed by atoms with van der Waals surface area (Å²) in [7, 11) is 0. The van der Waals surface area contributed by atoms with E-state index in [2.05, 4.69) is 15.9 Å². The van der Waals surface area contributed by atoms with Crippen LogP contribution in [0.5, 0.6) is 0 Å². The van der Waals surface area contributed by atoms with Crippen molar-refractivity contribution in [2.24, 2.45) is 5.41 Å². The molecule has 1 aromatic carbocycles. The van der Waals surface area contributed by atoms with E-state index in [4.69, 9.17) is 4.74 Å². The number of hydrogen-bond donors (Lipinski definition) is 0. The summed E-state index contributed by atoms with van der Waals surface area (Å²) in [6.07, 6.45) is 2.71. The molecule has 1 spiro atoms. The molecular formula is C14H16BrNO2. The molecule has 0 N–H and O–H groups in total. The largest absolute Gasteiger partial charge is 0.381 e. The van der Waals surface area contributed by atoms with Crippen molar-refractivity contribution >= 4 is 27.5 Å². The van der Waals surface area contributed by atoms with Crippen LogP contribution >= 0.6 is 15.9 Å². The van der Waals surface area contributed by atoms with E-state index in [1.807, 2.05) is 29.2 Å². The van der Waals surface area contributed by atoms with Gasteiger partial charge < -0.3 is 9.64 Å². The van der Waals surface area contributed by atoms with Crippen molar-refractivity contribution in [1.82, 2.24) is 0 Å². The van der Waals surface area contributed by atoms with Crippen LogP contribution in [0.3, 0.4) is 0 Å². The smallest absolute Gasteiger partial charge is 0.233 e. The maximum absolute atomic E-state index is 12.6. The highest BCUT2D eigenvalue weighted by Gasteiger charge is 2.47. The molecule has 0 bridgehead atoms. The minimum Gasteiger partial charge on any atom is -0.381 e. The lowest BCUT2D eigenvalue weighted by Gasteiger charge is -2.31. The standard InChI is InChI=1S/C14H16BrNO2/c15-11-1-3-12(4-2-11)16-8-5-14(13(16)17)6-9-18-10-7-14/h1-4H,5-10H2. The maximum Gasteiger partial charge on any atom is 0.233 e. The van der Waals surface area contributed by atoms with E-state index < -0.39 is 0 Å². The van der Waals surface area contributed by atoms with Gasteiger partial charge >= 0.3 is 0 Å². The predicted molar refractivity (Wildman–Crippen MR) is 73.6 cm³/mol. The fourth-order valence-corrected chi connectivity index (χ4v) is 3.18. The fraction of sp³-hybridized carbons (Fsp3) is 0.500. The highest BCUT2D eigenvalue weighted by Crippen LogP contribution is 2.42. The van der Waals surface area contributed by atoms with E-state index in [0.29, 0.717) is 0 Å². The van der Waals surface area contributed by atoms with Crippen molar-refractivity contribution in [2.45, 2.75) is 19.3 Å². The average Bonchev–Trinajstić information content (AvgIpc) is 2.70. The van der Waals surface area contributed by atoms with Crippen LogP contribution in [-0.4, -0.2) is 25.7 Å². The van der Waals surface area contributed by atoms with Crippen molar-refractivity contribution in [2.75, 3.05) is 24.7 Å². The lowest BCUT2D eigenvalue weighted by atomic mass is 9.79. The Labute approximate surface area is 115 Å². The zero-order valence-electron chi connectivity index (χ0n) is 10.2. The van der Waals surface area contributed by atoms with Gasteiger partial charge in [-0.25, -0.2) is 0 Å². The summed E-state index contributed by atoms with van der Waals surface area (Å²) in [6, 6.07) is 7.97. The Bertz CT molecular complexity index is 451. The second kappa shape index (κ2) is 4.67. The minimum absolute atomic E-state index is 0.147. The molecule has 0 unspecified atom stereocenters. The number of carbonyl (C=O) groups is 1. The SMILES string of the molecule is O=C1N(c2ccc(Br)cc2)CCC12CCOCC2. The second-order valence-electron chi connectivity index (χ2n) is 5.08. The van der Waals surface area contributed by atoms with Crippen LogP contribution in [0.15, 0.2) is 28.7 Å². The molecule has 2 saturated heterocycles. The van der Waals surface area contributed by atoms with Crippen LogP contribution in [0.4, 0.5) is 5.69 Å². The molecule has 0 aliphatic carbocycles. The Kier molecular flexibility index (Phi) is 3.16. The molecular weight excluding hydrogens is 294 g/mol. The molecule has 2 aliphatic heterocycles. The Hall–Kier alpha value is -0.870. The first kappa shape index (κ1) is 12.2. The topological polar surface area (TPSA) is 29.5 Å². The highest BCUT2D eigenvalue weighted by atomic mass is 79.9. The van der Waals surface area contributed by atoms with Crippen LogP contribution in [0, 0.1) is 5.41 Å². The lowest BCUT2D eigenvalue weighted by Crippen LogP contribution is -2.38. The van der Waals surface area contributed by atoms with Crippen molar-refractivity contribution in [3.8, 4) is 0 Å². The molecule has 1 aromatic rings. The van der Waals surface area contributed by atoms with Gasteiger partial charge in [-0.3, -0.25) is 4.79 Å². The quantitative estimate of drug-likeness (QED) is 0.798. The first-order valence-corrected chi connectivity index (χ1v) is 7.16. The van der Waals surface area contributed by atoms with E-state index in [-0.39, 0.29) is 11.3 Å². The van der Waals surface area contributed by atoms with Crippen molar-refractivity contribution in [3.63, 3.8) is 0 Å². The normalized spacial score (nSPS) is 22.7. The zero-order chi connectivity index (χ0) is 12.6. The highest BCUT2D eigenvalue weighted by molar-refractivity contribution is 9.10. The van der Waals surface area contributed by atoms with E-state index >= 15 is 0 Å². The van der Waals surface area contributed by atoms with Gasteiger partial charge in [-0.05, 0) is 43.5 Å². The molecule has 0 aromatic heterocycles. The molecule has 0 atom stereocenters. The van der Waals surface area contributed by atoms with Crippen LogP contribution in [0.1, 0.15) is 19.3 Å². The van der Waals surface area contributed by atoms with Crippen molar-refractivity contribution < 1.29 is 9.53 Å². The third-order valence-corrected chi connectivity index (χ3v) is 4.63. The second-order valence-corrected chi connectivity index (χ2v) is 5.99. The molecule has 3 rings (SSSR count). The number of anilines is 1. The zero-order valence-corrected chi connectivity index (χ0v) is 11.8. The number of carbonyl (C=O) groups excluding carboxylic acids is 1. The van der Waals surface area contributed by atoms with Gasteiger partial charge in [0.15, 0.2) is 0 Å². The van der Waals surface area contributed by atoms with E-state index in [0.717, 1.165) is 49.2 Å². The van der Waals surface area contributed by atoms with Crippen molar-refractivity contribution in [1.29, 1.82) is 0 Å². The van der Waals surface area contributed by atoms with Gasteiger partial charge in [0.2, 0.25) is 5.91 Å². The van der Waals surface area contributed by atoms with Gasteiger partial charge in [-0.1, -0.05) is 15.9 Å². The number of nitrogens with zero attached hydrogens (tertiary/aromatic N) is 1. The molecule has 4 heteroatoms. The molecule has 2 heterocycles. The summed E-state index contributed by atoms with van der Waals surface area (Å²) in [4.78, 5) is 14.6. The predicted octanol–water partition coefficient (Wildman–Crippen LogP) is 2.98. The maximum atomic E-state index is 12.6. The van der Waals surface area contributed by atoms with Gasteiger partial charge in [-0.2, -0.15) is 0 Å². The van der Waals surface area contributed by atoms with E-state index in [9.17, 15) is 4.79 Å². The van der Waals surface area contributed by atoms with Gasteiger partial charge in [-0.15, -0.1) is 0 Å². The van der Waals surface area contributed by atoms with Gasteiger partial charge in [0, 0.05) is 29.9 Å². The van der Waals surface area contributed by atoms with Crippen LogP contribution in [0.2, 0.25) is 0 Å². The Balaban J connectivity index is 1.83. The Morgan fingerprint density at radius 2 is 1.78 bits per heavy atom. The first-order chi connectivity index (χ1) is 8.71. The van der Waals surface area contributed by atoms with Crippen LogP contribution in [-0.2, 0) is 9.53 Å². The van der Waals surface area contributed by atoms with Gasteiger partial charge in [0.05, 0.1) is 5.41 Å². The molecule has 96 valence electrons. The number of hydrogen-bond acceptors (Lipinski definition) is 2. The number of benzene rings is 1. The van der Waals surface area contributed by atoms with Crippen LogP contribution in [0.25, 0.3) is 0 Å². The summed E-state index contributed by atoms with van der Waals surface area (Å²) in [5.74, 6) is 0.285. The third-order valence-electron chi connectivity index (χ3n) is 4.10. The molecule has 18 heavy (non-hydrogen) atoms. The summed E-state index contributed by atoms with van der Waals surface area (Å²) < 4.78 is 6.42. The summed E-state index contributed by atoms with van der Waals surface area (Å²) in [6.45, 7) is 2.28. The van der Waals surface area contributed by atoms with E-state index in [1.165, 1.54) is 0 Å². The first-order valence-electron chi connectivity index (χ1n) is 6.37. The molecule has 0 radical (unpaired) electrons. The van der Waals surface area contributed by atoms with Gasteiger partial charge in [0.1, 0.15) is 0 Å². The van der Waals surface area contributed by atoms with Crippen molar-refractivity contribution in [3.05, 3.63) is 28.7 Å². The monoisotopic (exact) mass is 309 g/mol. The summed E-state index contributed by atoms with van der Waals surface area (Å²) >= 11 is 3.42. The lowest BCUT2D eigenvalue weighted by molar-refractivity contribution is -0.130. The molecule has 2 aliphatic rings. The molecule has 0 saturated carbocycles. The fourth-order valence-electron chi connectivity index (χ4n) is 2.91. The minimum atomic E-state index is -0.147. The molecule has 3 nitrogen and oxygen atoms in total. The number of amides is 1. The average molecular weight is 310 g/mol. The number of halogens is 1. The molecule has 1 amide bonds. The molecule has 2 fully saturated rings. The number of rotatable bonds is 1. The summed E-state index contributed by atoms with van der Waals surface area (Å²) in [5.41, 5.74) is 0.859.